The monoisotopic (exact) mass is 181 g/mol. The second-order valence-corrected chi connectivity index (χ2v) is 4.46. The van der Waals surface area contributed by atoms with Crippen molar-refractivity contribution in [2.45, 2.75) is 32.3 Å². The van der Waals surface area contributed by atoms with Gasteiger partial charge < -0.3 is 0 Å². The zero-order valence-electron chi connectivity index (χ0n) is 7.91. The molecule has 0 spiro atoms. The maximum Gasteiger partial charge on any atom is 0.0431 e. The topological polar surface area (TPSA) is 12.9 Å². The van der Waals surface area contributed by atoms with E-state index in [0.717, 1.165) is 0 Å². The van der Waals surface area contributed by atoms with Gasteiger partial charge in [-0.2, -0.15) is 0 Å². The van der Waals surface area contributed by atoms with Crippen molar-refractivity contribution in [1.29, 1.82) is 0 Å². The summed E-state index contributed by atoms with van der Waals surface area (Å²) < 4.78 is 0. The maximum atomic E-state index is 4.31. The van der Waals surface area contributed by atoms with Crippen molar-refractivity contribution in [3.05, 3.63) is 29.6 Å². The largest absolute Gasteiger partial charge is 0.261 e. The van der Waals surface area contributed by atoms with E-state index < -0.39 is 0 Å². The van der Waals surface area contributed by atoms with Crippen LogP contribution < -0.4 is 0 Å². The van der Waals surface area contributed by atoms with Gasteiger partial charge in [0.1, 0.15) is 0 Å². The van der Waals surface area contributed by atoms with Crippen molar-refractivity contribution < 1.29 is 0 Å². The maximum absolute atomic E-state index is 4.31. The molecular formula is C10H16NP. The van der Waals surface area contributed by atoms with Gasteiger partial charge in [0, 0.05) is 11.9 Å². The van der Waals surface area contributed by atoms with Crippen LogP contribution in [0.3, 0.4) is 0 Å². The lowest BCUT2D eigenvalue weighted by Crippen LogP contribution is -1.94. The summed E-state index contributed by atoms with van der Waals surface area (Å²) in [5.74, 6) is 0.522. The lowest BCUT2D eigenvalue weighted by molar-refractivity contribution is 0.817. The molecule has 2 heteroatoms. The van der Waals surface area contributed by atoms with Crippen LogP contribution in [0.4, 0.5) is 0 Å². The van der Waals surface area contributed by atoms with Crippen LogP contribution in [0, 0.1) is 0 Å². The van der Waals surface area contributed by atoms with Crippen LogP contribution in [-0.2, 0) is 0 Å². The Kier molecular flexibility index (Phi) is 3.22. The van der Waals surface area contributed by atoms with E-state index in [4.69, 9.17) is 0 Å². The third-order valence-electron chi connectivity index (χ3n) is 1.92. The molecule has 0 N–H and O–H groups in total. The van der Waals surface area contributed by atoms with Crippen LogP contribution in [0.25, 0.3) is 0 Å². The molecule has 66 valence electrons. The third-order valence-corrected chi connectivity index (χ3v) is 2.31. The summed E-state index contributed by atoms with van der Waals surface area (Å²) in [6.45, 7) is 6.50. The Bertz CT molecular complexity index is 233. The highest BCUT2D eigenvalue weighted by atomic mass is 31.0. The number of nitrogens with zero attached hydrogens (tertiary/aromatic N) is 1. The van der Waals surface area contributed by atoms with E-state index in [2.05, 4.69) is 47.1 Å². The molecular weight excluding hydrogens is 165 g/mol. The number of pyridine rings is 1. The molecule has 0 amide bonds. The van der Waals surface area contributed by atoms with Gasteiger partial charge in [0.2, 0.25) is 0 Å². The third kappa shape index (κ3) is 2.28. The average molecular weight is 181 g/mol. The van der Waals surface area contributed by atoms with Gasteiger partial charge in [-0.25, -0.2) is 0 Å². The van der Waals surface area contributed by atoms with Crippen LogP contribution in [0.2, 0.25) is 0 Å². The highest BCUT2D eigenvalue weighted by molar-refractivity contribution is 7.17. The number of rotatable bonds is 2. The molecule has 0 fully saturated rings. The van der Waals surface area contributed by atoms with E-state index in [0.29, 0.717) is 11.6 Å². The molecule has 0 aliphatic carbocycles. The van der Waals surface area contributed by atoms with Crippen molar-refractivity contribution in [2.75, 3.05) is 0 Å². The summed E-state index contributed by atoms with van der Waals surface area (Å²) >= 11 is 0. The predicted molar refractivity (Wildman–Crippen MR) is 56.5 cm³/mol. The Balaban J connectivity index is 2.96. The predicted octanol–water partition coefficient (Wildman–Crippen LogP) is 3.14. The summed E-state index contributed by atoms with van der Waals surface area (Å²) in [4.78, 5) is 4.31. The zero-order chi connectivity index (χ0) is 9.14. The van der Waals surface area contributed by atoms with E-state index in [-0.39, 0.29) is 0 Å². The van der Waals surface area contributed by atoms with Gasteiger partial charge in [-0.05, 0) is 29.3 Å². The van der Waals surface area contributed by atoms with Crippen molar-refractivity contribution >= 4 is 9.24 Å². The fourth-order valence-corrected chi connectivity index (χ4v) is 1.27. The molecule has 12 heavy (non-hydrogen) atoms. The molecule has 2 atom stereocenters. The molecule has 1 heterocycles. The highest BCUT2D eigenvalue weighted by Gasteiger charge is 2.03. The lowest BCUT2D eigenvalue weighted by atomic mass is 10.1. The summed E-state index contributed by atoms with van der Waals surface area (Å²) in [6, 6.07) is 4.26. The highest BCUT2D eigenvalue weighted by Crippen LogP contribution is 2.23. The standard InChI is InChI=1S/C10H16NP/c1-7(2)10-6-9(8(3)12)4-5-11-10/h4-8H,12H2,1-3H3. The fraction of sp³-hybridized carbons (Fsp3) is 0.500. The van der Waals surface area contributed by atoms with Gasteiger partial charge in [0.05, 0.1) is 0 Å². The molecule has 1 nitrogen and oxygen atoms in total. The fourth-order valence-electron chi connectivity index (χ4n) is 1.06. The number of aromatic nitrogens is 1. The molecule has 0 radical (unpaired) electrons. The first-order chi connectivity index (χ1) is 5.61. The Morgan fingerprint density at radius 2 is 2.00 bits per heavy atom. The molecule has 1 aromatic heterocycles. The molecule has 0 saturated heterocycles. The van der Waals surface area contributed by atoms with E-state index in [9.17, 15) is 0 Å². The van der Waals surface area contributed by atoms with Crippen molar-refractivity contribution in [3.63, 3.8) is 0 Å². The minimum Gasteiger partial charge on any atom is -0.261 e. The minimum absolute atomic E-state index is 0.519. The van der Waals surface area contributed by atoms with Crippen LogP contribution in [0.15, 0.2) is 18.3 Å². The molecule has 2 unspecified atom stereocenters. The van der Waals surface area contributed by atoms with E-state index in [1.165, 1.54) is 11.3 Å². The summed E-state index contributed by atoms with van der Waals surface area (Å²) in [6.07, 6.45) is 1.89. The molecule has 0 aliphatic rings. The van der Waals surface area contributed by atoms with Crippen LogP contribution in [0.5, 0.6) is 0 Å². The van der Waals surface area contributed by atoms with Gasteiger partial charge in [-0.15, -0.1) is 9.24 Å². The van der Waals surface area contributed by atoms with Crippen LogP contribution >= 0.6 is 9.24 Å². The first-order valence-corrected chi connectivity index (χ1v) is 4.99. The second-order valence-electron chi connectivity index (χ2n) is 3.46. The summed E-state index contributed by atoms with van der Waals surface area (Å²) in [5, 5.41) is 0. The second kappa shape index (κ2) is 4.00. The summed E-state index contributed by atoms with van der Waals surface area (Å²) in [7, 11) is 2.80. The number of hydrogen-bond donors (Lipinski definition) is 0. The molecule has 1 aromatic rings. The first kappa shape index (κ1) is 9.67. The van der Waals surface area contributed by atoms with Crippen molar-refractivity contribution in [1.82, 2.24) is 4.98 Å². The quantitative estimate of drug-likeness (QED) is 0.639. The smallest absolute Gasteiger partial charge is 0.0431 e. The van der Waals surface area contributed by atoms with Gasteiger partial charge >= 0.3 is 0 Å². The Morgan fingerprint density at radius 1 is 1.33 bits per heavy atom. The van der Waals surface area contributed by atoms with E-state index in [1.807, 2.05) is 6.20 Å². The zero-order valence-corrected chi connectivity index (χ0v) is 9.07. The Morgan fingerprint density at radius 3 is 2.50 bits per heavy atom. The van der Waals surface area contributed by atoms with Gasteiger partial charge in [-0.3, -0.25) is 4.98 Å². The SMILES string of the molecule is CC(C)c1cc(C(C)P)ccn1. The van der Waals surface area contributed by atoms with Crippen molar-refractivity contribution in [3.8, 4) is 0 Å². The molecule has 0 aliphatic heterocycles. The lowest BCUT2D eigenvalue weighted by Gasteiger charge is -2.08. The Labute approximate surface area is 76.8 Å². The normalized spacial score (nSPS) is 13.4. The summed E-state index contributed by atoms with van der Waals surface area (Å²) in [5.41, 5.74) is 3.05. The van der Waals surface area contributed by atoms with E-state index in [1.54, 1.807) is 0 Å². The molecule has 0 saturated carbocycles. The van der Waals surface area contributed by atoms with Crippen molar-refractivity contribution in [2.24, 2.45) is 0 Å². The van der Waals surface area contributed by atoms with Gasteiger partial charge in [0.25, 0.3) is 0 Å². The molecule has 0 bridgehead atoms. The van der Waals surface area contributed by atoms with E-state index >= 15 is 0 Å². The Hall–Kier alpha value is -0.420. The molecule has 0 aromatic carbocycles. The molecule has 1 rings (SSSR count). The van der Waals surface area contributed by atoms with Gasteiger partial charge in [-0.1, -0.05) is 20.8 Å². The minimum atomic E-state index is 0.519. The van der Waals surface area contributed by atoms with Gasteiger partial charge in [0.15, 0.2) is 0 Å². The first-order valence-electron chi connectivity index (χ1n) is 4.32. The van der Waals surface area contributed by atoms with Crippen LogP contribution in [0.1, 0.15) is 43.6 Å². The van der Waals surface area contributed by atoms with Crippen LogP contribution in [-0.4, -0.2) is 4.98 Å². The average Bonchev–Trinajstić information content (AvgIpc) is 2.04. The number of hydrogen-bond acceptors (Lipinski definition) is 1.